The average Bonchev–Trinajstić information content (AvgIpc) is 2.25. The molecule has 0 atom stereocenters. The second-order valence-corrected chi connectivity index (χ2v) is 5.48. The second kappa shape index (κ2) is 7.96. The molecule has 0 saturated carbocycles. The van der Waals surface area contributed by atoms with Crippen LogP contribution in [0.2, 0.25) is 5.02 Å². The fourth-order valence-electron chi connectivity index (χ4n) is 1.13. The van der Waals surface area contributed by atoms with Crippen molar-refractivity contribution in [2.45, 2.75) is 4.90 Å². The number of thioether (sulfide) groups is 1. The summed E-state index contributed by atoms with van der Waals surface area (Å²) in [7, 11) is 4.26. The molecule has 1 aromatic carbocycles. The molecule has 90 valence electrons. The van der Waals surface area contributed by atoms with Crippen LogP contribution in [0, 0.1) is 0 Å². The fraction of sp³-hybridized carbons (Fsp3) is 0.500. The van der Waals surface area contributed by atoms with Crippen LogP contribution in [0.1, 0.15) is 0 Å². The van der Waals surface area contributed by atoms with E-state index in [9.17, 15) is 0 Å². The summed E-state index contributed by atoms with van der Waals surface area (Å²) in [6, 6.07) is 7.91. The third-order valence-electron chi connectivity index (χ3n) is 2.06. The monoisotopic (exact) mass is 260 g/mol. The second-order valence-electron chi connectivity index (χ2n) is 3.87. The Kier molecular flexibility index (Phi) is 6.88. The van der Waals surface area contributed by atoms with Gasteiger partial charge in [0.25, 0.3) is 0 Å². The molecule has 0 aromatic heterocycles. The standard InChI is InChI=1S/C12H18ClNOS/c1-14(2)7-8-15-9-10-16-12-5-3-11(13)4-6-12/h3-6H,7-10H2,1-2H3/p+1. The Morgan fingerprint density at radius 2 is 1.88 bits per heavy atom. The van der Waals surface area contributed by atoms with E-state index in [1.165, 1.54) is 9.80 Å². The van der Waals surface area contributed by atoms with Crippen molar-refractivity contribution >= 4 is 23.4 Å². The molecule has 0 bridgehead atoms. The van der Waals surface area contributed by atoms with Crippen molar-refractivity contribution in [1.82, 2.24) is 0 Å². The molecule has 0 fully saturated rings. The van der Waals surface area contributed by atoms with Gasteiger partial charge < -0.3 is 9.64 Å². The van der Waals surface area contributed by atoms with Gasteiger partial charge in [0, 0.05) is 15.7 Å². The highest BCUT2D eigenvalue weighted by Gasteiger charge is 1.96. The van der Waals surface area contributed by atoms with Crippen molar-refractivity contribution in [1.29, 1.82) is 0 Å². The highest BCUT2D eigenvalue weighted by molar-refractivity contribution is 7.99. The summed E-state index contributed by atoms with van der Waals surface area (Å²) in [5.41, 5.74) is 0. The van der Waals surface area contributed by atoms with Crippen molar-refractivity contribution in [3.05, 3.63) is 29.3 Å². The minimum Gasteiger partial charge on any atom is -0.375 e. The van der Waals surface area contributed by atoms with Gasteiger partial charge in [-0.15, -0.1) is 11.8 Å². The first-order valence-corrected chi connectivity index (χ1v) is 6.80. The number of halogens is 1. The summed E-state index contributed by atoms with van der Waals surface area (Å²) in [6.45, 7) is 2.70. The van der Waals surface area contributed by atoms with E-state index in [0.29, 0.717) is 0 Å². The molecule has 0 aliphatic heterocycles. The molecule has 0 aliphatic rings. The van der Waals surface area contributed by atoms with Crippen LogP contribution in [0.25, 0.3) is 0 Å². The molecule has 1 rings (SSSR count). The van der Waals surface area contributed by atoms with Crippen LogP contribution >= 0.6 is 23.4 Å². The lowest BCUT2D eigenvalue weighted by Gasteiger charge is -2.07. The first-order chi connectivity index (χ1) is 7.68. The normalized spacial score (nSPS) is 11.0. The number of rotatable bonds is 7. The lowest BCUT2D eigenvalue weighted by atomic mass is 10.4. The van der Waals surface area contributed by atoms with Gasteiger partial charge in [-0.2, -0.15) is 0 Å². The third kappa shape index (κ3) is 6.38. The number of nitrogens with one attached hydrogen (secondary N) is 1. The highest BCUT2D eigenvalue weighted by Crippen LogP contribution is 2.19. The van der Waals surface area contributed by atoms with Gasteiger partial charge in [0.2, 0.25) is 0 Å². The zero-order valence-corrected chi connectivity index (χ0v) is 11.4. The number of hydrogen-bond donors (Lipinski definition) is 1. The molecule has 0 unspecified atom stereocenters. The maximum absolute atomic E-state index is 5.81. The molecule has 1 N–H and O–H groups in total. The molecule has 0 heterocycles. The molecular formula is C12H19ClNOS+. The number of benzene rings is 1. The number of hydrogen-bond acceptors (Lipinski definition) is 2. The summed E-state index contributed by atoms with van der Waals surface area (Å²) >= 11 is 7.61. The molecule has 0 radical (unpaired) electrons. The van der Waals surface area contributed by atoms with E-state index in [4.69, 9.17) is 16.3 Å². The maximum Gasteiger partial charge on any atom is 0.100 e. The Morgan fingerprint density at radius 1 is 1.19 bits per heavy atom. The summed E-state index contributed by atoms with van der Waals surface area (Å²) in [5.74, 6) is 0.990. The lowest BCUT2D eigenvalue weighted by molar-refractivity contribution is -0.858. The first kappa shape index (κ1) is 13.8. The average molecular weight is 261 g/mol. The van der Waals surface area contributed by atoms with Crippen molar-refractivity contribution in [3.8, 4) is 0 Å². The molecule has 16 heavy (non-hydrogen) atoms. The van der Waals surface area contributed by atoms with E-state index in [1.54, 1.807) is 11.8 Å². The van der Waals surface area contributed by atoms with Crippen LogP contribution in [-0.4, -0.2) is 39.6 Å². The van der Waals surface area contributed by atoms with Crippen molar-refractivity contribution in [2.75, 3.05) is 39.6 Å². The fourth-order valence-corrected chi connectivity index (χ4v) is 2.02. The van der Waals surface area contributed by atoms with Crippen LogP contribution in [0.15, 0.2) is 29.2 Å². The summed E-state index contributed by atoms with van der Waals surface area (Å²) < 4.78 is 5.52. The zero-order chi connectivity index (χ0) is 11.8. The largest absolute Gasteiger partial charge is 0.375 e. The van der Waals surface area contributed by atoms with Gasteiger partial charge in [-0.1, -0.05) is 11.6 Å². The van der Waals surface area contributed by atoms with E-state index < -0.39 is 0 Å². The topological polar surface area (TPSA) is 13.7 Å². The molecule has 0 spiro atoms. The highest BCUT2D eigenvalue weighted by atomic mass is 35.5. The smallest absolute Gasteiger partial charge is 0.100 e. The van der Waals surface area contributed by atoms with Crippen LogP contribution < -0.4 is 4.90 Å². The Hall–Kier alpha value is -0.220. The predicted octanol–water partition coefficient (Wildman–Crippen LogP) is 1.59. The quantitative estimate of drug-likeness (QED) is 0.591. The molecule has 2 nitrogen and oxygen atoms in total. The van der Waals surface area contributed by atoms with Crippen molar-refractivity contribution < 1.29 is 9.64 Å². The SMILES string of the molecule is C[NH+](C)CCOCCSc1ccc(Cl)cc1. The Morgan fingerprint density at radius 3 is 2.50 bits per heavy atom. The van der Waals surface area contributed by atoms with Gasteiger partial charge in [0.15, 0.2) is 0 Å². The van der Waals surface area contributed by atoms with E-state index in [-0.39, 0.29) is 0 Å². The van der Waals surface area contributed by atoms with Gasteiger partial charge in [-0.05, 0) is 24.3 Å². The summed E-state index contributed by atoms with van der Waals surface area (Å²) in [5, 5.41) is 0.787. The first-order valence-electron chi connectivity index (χ1n) is 5.43. The molecule has 4 heteroatoms. The van der Waals surface area contributed by atoms with Gasteiger partial charge in [-0.3, -0.25) is 0 Å². The van der Waals surface area contributed by atoms with Crippen molar-refractivity contribution in [2.24, 2.45) is 0 Å². The van der Waals surface area contributed by atoms with Crippen LogP contribution in [0.3, 0.4) is 0 Å². The van der Waals surface area contributed by atoms with E-state index >= 15 is 0 Å². The van der Waals surface area contributed by atoms with Gasteiger partial charge in [0.05, 0.1) is 27.3 Å². The van der Waals surface area contributed by atoms with Crippen molar-refractivity contribution in [3.63, 3.8) is 0 Å². The minimum absolute atomic E-state index is 0.787. The van der Waals surface area contributed by atoms with E-state index in [2.05, 4.69) is 14.1 Å². The number of quaternary nitrogens is 1. The Balaban J connectivity index is 2.05. The number of ether oxygens (including phenoxy) is 1. The molecular weight excluding hydrogens is 242 g/mol. The third-order valence-corrected chi connectivity index (χ3v) is 3.28. The maximum atomic E-state index is 5.81. The summed E-state index contributed by atoms with van der Waals surface area (Å²) in [4.78, 5) is 2.66. The zero-order valence-electron chi connectivity index (χ0n) is 9.83. The summed E-state index contributed by atoms with van der Waals surface area (Å²) in [6.07, 6.45) is 0. The Bertz CT molecular complexity index is 290. The van der Waals surface area contributed by atoms with Gasteiger partial charge in [-0.25, -0.2) is 0 Å². The van der Waals surface area contributed by atoms with E-state index in [1.807, 2.05) is 24.3 Å². The van der Waals surface area contributed by atoms with Crippen LogP contribution in [0.5, 0.6) is 0 Å². The predicted molar refractivity (Wildman–Crippen MR) is 70.7 cm³/mol. The van der Waals surface area contributed by atoms with E-state index in [0.717, 1.165) is 30.5 Å². The number of likely N-dealkylation sites (N-methyl/N-ethyl adjacent to an activating group) is 1. The van der Waals surface area contributed by atoms with Gasteiger partial charge in [0.1, 0.15) is 6.54 Å². The van der Waals surface area contributed by atoms with Crippen LogP contribution in [-0.2, 0) is 4.74 Å². The minimum atomic E-state index is 0.787. The molecule has 0 saturated heterocycles. The Labute approximate surface area is 107 Å². The molecule has 0 amide bonds. The lowest BCUT2D eigenvalue weighted by Crippen LogP contribution is -3.06. The van der Waals surface area contributed by atoms with Gasteiger partial charge >= 0.3 is 0 Å². The molecule has 0 aliphatic carbocycles. The molecule has 1 aromatic rings. The van der Waals surface area contributed by atoms with Crippen LogP contribution in [0.4, 0.5) is 0 Å².